The molecule has 7 heteroatoms. The number of carbonyl (C=O) groups excluding carboxylic acids is 2. The molecule has 1 amide bonds. The Hall–Kier alpha value is -3.09. The first-order valence-electron chi connectivity index (χ1n) is 8.98. The average Bonchev–Trinajstić information content (AvgIpc) is 2.75. The van der Waals surface area contributed by atoms with Gasteiger partial charge in [-0.3, -0.25) is 14.6 Å². The third kappa shape index (κ3) is 5.45. The van der Waals surface area contributed by atoms with Crippen molar-refractivity contribution in [2.75, 3.05) is 34.4 Å². The number of methoxy groups -OCH3 is 3. The summed E-state index contributed by atoms with van der Waals surface area (Å²) in [6.45, 7) is 2.43. The quantitative estimate of drug-likeness (QED) is 0.617. The predicted octanol–water partition coefficient (Wildman–Crippen LogP) is 2.59. The Bertz CT molecular complexity index is 795. The van der Waals surface area contributed by atoms with Crippen LogP contribution in [0.1, 0.15) is 22.8 Å². The summed E-state index contributed by atoms with van der Waals surface area (Å²) in [4.78, 5) is 30.4. The highest BCUT2D eigenvalue weighted by molar-refractivity contribution is 5.94. The number of carbonyl (C=O) groups is 2. The van der Waals surface area contributed by atoms with E-state index in [-0.39, 0.29) is 18.4 Å². The van der Waals surface area contributed by atoms with Crippen LogP contribution in [-0.4, -0.2) is 56.2 Å². The lowest BCUT2D eigenvalue weighted by atomic mass is 10.1. The standard InChI is InChI=1S/C21H26N2O5/c1-15(21(25)28-4)14-23(20(24)17-6-5-10-22-13-17)11-9-16-7-8-18(26-2)19(12-16)27-3/h5-8,10,12-13,15H,9,11,14H2,1-4H3. The molecule has 1 heterocycles. The van der Waals surface area contributed by atoms with Crippen LogP contribution >= 0.6 is 0 Å². The maximum Gasteiger partial charge on any atom is 0.310 e. The topological polar surface area (TPSA) is 78.0 Å². The predicted molar refractivity (Wildman–Crippen MR) is 105 cm³/mol. The van der Waals surface area contributed by atoms with E-state index in [4.69, 9.17) is 14.2 Å². The highest BCUT2D eigenvalue weighted by atomic mass is 16.5. The van der Waals surface area contributed by atoms with E-state index in [1.165, 1.54) is 13.3 Å². The third-order valence-electron chi connectivity index (χ3n) is 4.41. The lowest BCUT2D eigenvalue weighted by Gasteiger charge is -2.25. The van der Waals surface area contributed by atoms with Crippen LogP contribution in [0.15, 0.2) is 42.7 Å². The first-order valence-corrected chi connectivity index (χ1v) is 8.98. The lowest BCUT2D eigenvalue weighted by Crippen LogP contribution is -2.38. The highest BCUT2D eigenvalue weighted by Crippen LogP contribution is 2.27. The summed E-state index contributed by atoms with van der Waals surface area (Å²) >= 11 is 0. The van der Waals surface area contributed by atoms with Crippen LogP contribution < -0.4 is 9.47 Å². The number of amides is 1. The number of ether oxygens (including phenoxy) is 3. The third-order valence-corrected chi connectivity index (χ3v) is 4.41. The van der Waals surface area contributed by atoms with E-state index in [0.717, 1.165) is 5.56 Å². The van der Waals surface area contributed by atoms with Gasteiger partial charge in [0.15, 0.2) is 11.5 Å². The van der Waals surface area contributed by atoms with Crippen LogP contribution in [0, 0.1) is 5.92 Å². The zero-order valence-electron chi connectivity index (χ0n) is 16.7. The molecule has 0 radical (unpaired) electrons. The number of hydrogen-bond acceptors (Lipinski definition) is 6. The maximum absolute atomic E-state index is 12.9. The largest absolute Gasteiger partial charge is 0.493 e. The molecule has 1 aromatic carbocycles. The number of hydrogen-bond donors (Lipinski definition) is 0. The molecule has 7 nitrogen and oxygen atoms in total. The Labute approximate surface area is 165 Å². The molecule has 2 rings (SSSR count). The number of rotatable bonds is 9. The van der Waals surface area contributed by atoms with Gasteiger partial charge in [-0.25, -0.2) is 0 Å². The van der Waals surface area contributed by atoms with E-state index in [0.29, 0.717) is 30.0 Å². The maximum atomic E-state index is 12.9. The Morgan fingerprint density at radius 1 is 1.11 bits per heavy atom. The van der Waals surface area contributed by atoms with Crippen LogP contribution in [0.25, 0.3) is 0 Å². The summed E-state index contributed by atoms with van der Waals surface area (Å²) in [7, 11) is 4.51. The van der Waals surface area contributed by atoms with Gasteiger partial charge in [0.05, 0.1) is 32.8 Å². The van der Waals surface area contributed by atoms with Crippen molar-refractivity contribution in [2.24, 2.45) is 5.92 Å². The van der Waals surface area contributed by atoms with Crippen molar-refractivity contribution in [3.05, 3.63) is 53.9 Å². The molecule has 1 unspecified atom stereocenters. The Balaban J connectivity index is 2.17. The molecule has 0 N–H and O–H groups in total. The fourth-order valence-corrected chi connectivity index (χ4v) is 2.85. The number of pyridine rings is 1. The second-order valence-electron chi connectivity index (χ2n) is 6.36. The molecular formula is C21H26N2O5. The zero-order chi connectivity index (χ0) is 20.5. The molecule has 150 valence electrons. The summed E-state index contributed by atoms with van der Waals surface area (Å²) < 4.78 is 15.4. The summed E-state index contributed by atoms with van der Waals surface area (Å²) in [5.41, 5.74) is 1.47. The molecule has 0 aliphatic carbocycles. The van der Waals surface area contributed by atoms with Gasteiger partial charge in [-0.15, -0.1) is 0 Å². The van der Waals surface area contributed by atoms with Crippen molar-refractivity contribution >= 4 is 11.9 Å². The monoisotopic (exact) mass is 386 g/mol. The zero-order valence-corrected chi connectivity index (χ0v) is 16.7. The van der Waals surface area contributed by atoms with Crippen molar-refractivity contribution in [2.45, 2.75) is 13.3 Å². The minimum atomic E-state index is -0.434. The minimum Gasteiger partial charge on any atom is -0.493 e. The van der Waals surface area contributed by atoms with Crippen molar-refractivity contribution in [1.82, 2.24) is 9.88 Å². The van der Waals surface area contributed by atoms with Crippen LogP contribution in [0.2, 0.25) is 0 Å². The van der Waals surface area contributed by atoms with Gasteiger partial charge in [0.2, 0.25) is 0 Å². The van der Waals surface area contributed by atoms with Gasteiger partial charge in [0.25, 0.3) is 5.91 Å². The summed E-state index contributed by atoms with van der Waals surface area (Å²) in [5, 5.41) is 0. The first-order chi connectivity index (χ1) is 13.5. The van der Waals surface area contributed by atoms with Gasteiger partial charge in [0, 0.05) is 25.5 Å². The smallest absolute Gasteiger partial charge is 0.310 e. The van der Waals surface area contributed by atoms with E-state index >= 15 is 0 Å². The summed E-state index contributed by atoms with van der Waals surface area (Å²) in [5.74, 6) is 0.317. The minimum absolute atomic E-state index is 0.177. The number of benzene rings is 1. The van der Waals surface area contributed by atoms with Crippen molar-refractivity contribution < 1.29 is 23.8 Å². The van der Waals surface area contributed by atoms with Gasteiger partial charge < -0.3 is 19.1 Å². The number of esters is 1. The Kier molecular flexibility index (Phi) is 7.80. The molecule has 0 aliphatic rings. The van der Waals surface area contributed by atoms with E-state index in [1.807, 2.05) is 18.2 Å². The summed E-state index contributed by atoms with van der Waals surface area (Å²) in [6, 6.07) is 9.07. The van der Waals surface area contributed by atoms with Crippen molar-refractivity contribution in [3.8, 4) is 11.5 Å². The van der Waals surface area contributed by atoms with Crippen LogP contribution in [0.4, 0.5) is 0 Å². The molecule has 0 saturated heterocycles. The van der Waals surface area contributed by atoms with E-state index in [2.05, 4.69) is 4.98 Å². The molecule has 2 aromatic rings. The molecule has 0 bridgehead atoms. The molecular weight excluding hydrogens is 360 g/mol. The van der Waals surface area contributed by atoms with Crippen LogP contribution in [0.5, 0.6) is 11.5 Å². The normalized spacial score (nSPS) is 11.4. The van der Waals surface area contributed by atoms with Gasteiger partial charge in [-0.1, -0.05) is 13.0 Å². The molecule has 0 aliphatic heterocycles. The van der Waals surface area contributed by atoms with Crippen molar-refractivity contribution in [1.29, 1.82) is 0 Å². The second kappa shape index (κ2) is 10.3. The molecule has 0 spiro atoms. The van der Waals surface area contributed by atoms with Gasteiger partial charge in [0.1, 0.15) is 0 Å². The fraction of sp³-hybridized carbons (Fsp3) is 0.381. The Morgan fingerprint density at radius 3 is 2.46 bits per heavy atom. The van der Waals surface area contributed by atoms with Gasteiger partial charge >= 0.3 is 5.97 Å². The Morgan fingerprint density at radius 2 is 1.86 bits per heavy atom. The van der Waals surface area contributed by atoms with Crippen molar-refractivity contribution in [3.63, 3.8) is 0 Å². The van der Waals surface area contributed by atoms with E-state index in [9.17, 15) is 9.59 Å². The SMILES string of the molecule is COC(=O)C(C)CN(CCc1ccc(OC)c(OC)c1)C(=O)c1cccnc1. The average molecular weight is 386 g/mol. The molecule has 0 saturated carbocycles. The molecule has 0 fully saturated rings. The summed E-state index contributed by atoms with van der Waals surface area (Å²) in [6.07, 6.45) is 3.73. The highest BCUT2D eigenvalue weighted by Gasteiger charge is 2.22. The second-order valence-corrected chi connectivity index (χ2v) is 6.36. The van der Waals surface area contributed by atoms with E-state index < -0.39 is 5.92 Å². The van der Waals surface area contributed by atoms with Gasteiger partial charge in [-0.05, 0) is 36.2 Å². The number of aromatic nitrogens is 1. The molecule has 28 heavy (non-hydrogen) atoms. The number of nitrogens with zero attached hydrogens (tertiary/aromatic N) is 2. The van der Waals surface area contributed by atoms with Gasteiger partial charge in [-0.2, -0.15) is 0 Å². The van der Waals surface area contributed by atoms with Crippen LogP contribution in [-0.2, 0) is 16.0 Å². The van der Waals surface area contributed by atoms with Crippen LogP contribution in [0.3, 0.4) is 0 Å². The van der Waals surface area contributed by atoms with E-state index in [1.54, 1.807) is 44.4 Å². The first kappa shape index (κ1) is 21.2. The molecule has 1 atom stereocenters. The molecule has 1 aromatic heterocycles. The fourth-order valence-electron chi connectivity index (χ4n) is 2.85. The lowest BCUT2D eigenvalue weighted by molar-refractivity contribution is -0.145.